The molecule has 0 aromatic carbocycles. The summed E-state index contributed by atoms with van der Waals surface area (Å²) in [5.41, 5.74) is 0. The van der Waals surface area contributed by atoms with E-state index in [9.17, 15) is 5.11 Å². The van der Waals surface area contributed by atoms with Gasteiger partial charge in [-0.3, -0.25) is 0 Å². The molecule has 2 unspecified atom stereocenters. The Morgan fingerprint density at radius 1 is 1.29 bits per heavy atom. The van der Waals surface area contributed by atoms with Crippen molar-refractivity contribution in [3.63, 3.8) is 0 Å². The lowest BCUT2D eigenvalue weighted by Gasteiger charge is -2.38. The Labute approximate surface area is 86.7 Å². The maximum absolute atomic E-state index is 9.90. The third-order valence-electron chi connectivity index (χ3n) is 3.66. The summed E-state index contributed by atoms with van der Waals surface area (Å²) in [5, 5.41) is 9.90. The molecule has 2 rings (SSSR count). The predicted octanol–water partition coefficient (Wildman–Crippen LogP) is 0.393. The quantitative estimate of drug-likeness (QED) is 0.711. The number of rotatable bonds is 3. The average molecular weight is 198 g/mol. The van der Waals surface area contributed by atoms with E-state index in [2.05, 4.69) is 23.9 Å². The molecule has 82 valence electrons. The van der Waals surface area contributed by atoms with Crippen LogP contribution in [0.3, 0.4) is 0 Å². The number of hydrogen-bond acceptors (Lipinski definition) is 3. The fraction of sp³-hybridized carbons (Fsp3) is 1.00. The van der Waals surface area contributed by atoms with Gasteiger partial charge in [-0.2, -0.15) is 0 Å². The number of piperazine rings is 1. The summed E-state index contributed by atoms with van der Waals surface area (Å²) in [5.74, 6) is 0.621. The molecule has 1 saturated heterocycles. The lowest BCUT2D eigenvalue weighted by atomic mass is 10.0. The van der Waals surface area contributed by atoms with Gasteiger partial charge in [0.05, 0.1) is 6.10 Å². The van der Waals surface area contributed by atoms with Crippen molar-refractivity contribution in [1.29, 1.82) is 0 Å². The van der Waals surface area contributed by atoms with Gasteiger partial charge in [-0.05, 0) is 39.3 Å². The molecule has 0 bridgehead atoms. The van der Waals surface area contributed by atoms with Gasteiger partial charge in [-0.25, -0.2) is 0 Å². The maximum atomic E-state index is 9.90. The average Bonchev–Trinajstić information content (AvgIpc) is 2.94. The Bertz CT molecular complexity index is 194. The van der Waals surface area contributed by atoms with Crippen LogP contribution in [0.15, 0.2) is 0 Å². The summed E-state index contributed by atoms with van der Waals surface area (Å²) in [7, 11) is 4.35. The van der Waals surface area contributed by atoms with Crippen molar-refractivity contribution in [2.24, 2.45) is 5.92 Å². The first kappa shape index (κ1) is 10.4. The van der Waals surface area contributed by atoms with E-state index in [-0.39, 0.29) is 6.10 Å². The van der Waals surface area contributed by atoms with Crippen molar-refractivity contribution in [3.05, 3.63) is 0 Å². The summed E-state index contributed by atoms with van der Waals surface area (Å²) in [6, 6.07) is 0.560. The molecule has 0 aromatic heterocycles. The Balaban J connectivity index is 1.81. The summed E-state index contributed by atoms with van der Waals surface area (Å²) in [4.78, 5) is 4.76. The molecule has 1 saturated carbocycles. The molecule has 0 aromatic rings. The molecular formula is C11H22N2O. The van der Waals surface area contributed by atoms with Crippen LogP contribution in [-0.2, 0) is 0 Å². The standard InChI is InChI=1S/C11H22N2O/c1-12-5-6-13(2)10(8-12)7-11(14)9-3-4-9/h9-11,14H,3-8H2,1-2H3. The minimum atomic E-state index is -0.0473. The number of aliphatic hydroxyl groups is 1. The number of aliphatic hydroxyl groups excluding tert-OH is 1. The zero-order valence-corrected chi connectivity index (χ0v) is 9.32. The van der Waals surface area contributed by atoms with Crippen molar-refractivity contribution in [3.8, 4) is 0 Å². The molecular weight excluding hydrogens is 176 g/mol. The topological polar surface area (TPSA) is 26.7 Å². The van der Waals surface area contributed by atoms with Gasteiger partial charge in [0.25, 0.3) is 0 Å². The minimum Gasteiger partial charge on any atom is -0.393 e. The highest BCUT2D eigenvalue weighted by atomic mass is 16.3. The number of nitrogens with zero attached hydrogens (tertiary/aromatic N) is 2. The molecule has 0 radical (unpaired) electrons. The van der Waals surface area contributed by atoms with E-state index >= 15 is 0 Å². The van der Waals surface area contributed by atoms with Crippen molar-refractivity contribution >= 4 is 0 Å². The smallest absolute Gasteiger partial charge is 0.0583 e. The van der Waals surface area contributed by atoms with Crippen LogP contribution in [-0.4, -0.2) is 60.8 Å². The zero-order chi connectivity index (χ0) is 10.1. The van der Waals surface area contributed by atoms with Crippen molar-refractivity contribution < 1.29 is 5.11 Å². The molecule has 2 aliphatic rings. The Kier molecular flexibility index (Phi) is 3.10. The van der Waals surface area contributed by atoms with E-state index in [0.717, 1.165) is 26.1 Å². The first-order valence-electron chi connectivity index (χ1n) is 5.73. The zero-order valence-electron chi connectivity index (χ0n) is 9.32. The van der Waals surface area contributed by atoms with Crippen molar-refractivity contribution in [2.45, 2.75) is 31.4 Å². The van der Waals surface area contributed by atoms with Crippen LogP contribution in [0.5, 0.6) is 0 Å². The van der Waals surface area contributed by atoms with Crippen LogP contribution in [0.1, 0.15) is 19.3 Å². The molecule has 2 fully saturated rings. The van der Waals surface area contributed by atoms with E-state index in [4.69, 9.17) is 0 Å². The monoisotopic (exact) mass is 198 g/mol. The Morgan fingerprint density at radius 3 is 2.64 bits per heavy atom. The van der Waals surface area contributed by atoms with Gasteiger partial charge in [0.15, 0.2) is 0 Å². The second-order valence-electron chi connectivity index (χ2n) is 5.04. The fourth-order valence-corrected chi connectivity index (χ4v) is 2.31. The van der Waals surface area contributed by atoms with E-state index < -0.39 is 0 Å². The lowest BCUT2D eigenvalue weighted by molar-refractivity contribution is 0.0551. The van der Waals surface area contributed by atoms with Gasteiger partial charge in [-0.1, -0.05) is 0 Å². The largest absolute Gasteiger partial charge is 0.393 e. The molecule has 1 aliphatic heterocycles. The van der Waals surface area contributed by atoms with Crippen LogP contribution in [0, 0.1) is 5.92 Å². The molecule has 1 aliphatic carbocycles. The SMILES string of the molecule is CN1CCN(C)C(CC(O)C2CC2)C1. The molecule has 3 nitrogen and oxygen atoms in total. The van der Waals surface area contributed by atoms with Gasteiger partial charge in [-0.15, -0.1) is 0 Å². The predicted molar refractivity (Wildman–Crippen MR) is 57.3 cm³/mol. The third-order valence-corrected chi connectivity index (χ3v) is 3.66. The highest BCUT2D eigenvalue weighted by molar-refractivity contribution is 4.87. The first-order chi connectivity index (χ1) is 6.66. The second kappa shape index (κ2) is 4.17. The molecule has 14 heavy (non-hydrogen) atoms. The molecule has 3 heteroatoms. The molecule has 0 amide bonds. The molecule has 2 atom stereocenters. The van der Waals surface area contributed by atoms with Gasteiger partial charge in [0.2, 0.25) is 0 Å². The van der Waals surface area contributed by atoms with E-state index in [0.29, 0.717) is 12.0 Å². The van der Waals surface area contributed by atoms with Gasteiger partial charge >= 0.3 is 0 Å². The highest BCUT2D eigenvalue weighted by Crippen LogP contribution is 2.35. The summed E-state index contributed by atoms with van der Waals surface area (Å²) in [6.07, 6.45) is 3.40. The first-order valence-corrected chi connectivity index (χ1v) is 5.73. The summed E-state index contributed by atoms with van der Waals surface area (Å²) >= 11 is 0. The summed E-state index contributed by atoms with van der Waals surface area (Å²) in [6.45, 7) is 3.41. The molecule has 1 heterocycles. The number of hydrogen-bond donors (Lipinski definition) is 1. The second-order valence-corrected chi connectivity index (χ2v) is 5.04. The molecule has 0 spiro atoms. The van der Waals surface area contributed by atoms with Crippen LogP contribution in [0.2, 0.25) is 0 Å². The molecule has 1 N–H and O–H groups in total. The van der Waals surface area contributed by atoms with Crippen LogP contribution < -0.4 is 0 Å². The normalized spacial score (nSPS) is 33.2. The maximum Gasteiger partial charge on any atom is 0.0583 e. The van der Waals surface area contributed by atoms with E-state index in [1.165, 1.54) is 12.8 Å². The Morgan fingerprint density at radius 2 is 2.00 bits per heavy atom. The van der Waals surface area contributed by atoms with Crippen LogP contribution >= 0.6 is 0 Å². The van der Waals surface area contributed by atoms with Crippen molar-refractivity contribution in [1.82, 2.24) is 9.80 Å². The third kappa shape index (κ3) is 2.47. The van der Waals surface area contributed by atoms with Crippen molar-refractivity contribution in [2.75, 3.05) is 33.7 Å². The van der Waals surface area contributed by atoms with E-state index in [1.54, 1.807) is 0 Å². The summed E-state index contributed by atoms with van der Waals surface area (Å²) < 4.78 is 0. The van der Waals surface area contributed by atoms with Gasteiger partial charge in [0.1, 0.15) is 0 Å². The minimum absolute atomic E-state index is 0.0473. The van der Waals surface area contributed by atoms with Crippen LogP contribution in [0.25, 0.3) is 0 Å². The fourth-order valence-electron chi connectivity index (χ4n) is 2.31. The van der Waals surface area contributed by atoms with Gasteiger partial charge in [0, 0.05) is 25.7 Å². The highest BCUT2D eigenvalue weighted by Gasteiger charge is 2.33. The van der Waals surface area contributed by atoms with E-state index in [1.807, 2.05) is 0 Å². The lowest BCUT2D eigenvalue weighted by Crippen LogP contribution is -2.51. The number of likely N-dealkylation sites (N-methyl/N-ethyl adjacent to an activating group) is 2. The van der Waals surface area contributed by atoms with Gasteiger partial charge < -0.3 is 14.9 Å². The van der Waals surface area contributed by atoms with Crippen LogP contribution in [0.4, 0.5) is 0 Å². The Hall–Kier alpha value is -0.120.